The highest BCUT2D eigenvalue weighted by Gasteiger charge is 2.25. The fourth-order valence-corrected chi connectivity index (χ4v) is 4.21. The summed E-state index contributed by atoms with van der Waals surface area (Å²) in [5, 5.41) is 2.89. The highest BCUT2D eigenvalue weighted by molar-refractivity contribution is 5.95. The summed E-state index contributed by atoms with van der Waals surface area (Å²) in [6.45, 7) is 0. The average molecular weight is 398 g/mol. The zero-order valence-corrected chi connectivity index (χ0v) is 16.4. The van der Waals surface area contributed by atoms with Gasteiger partial charge in [0.2, 0.25) is 5.91 Å². The minimum atomic E-state index is -0.723. The Balaban J connectivity index is 1.45. The lowest BCUT2D eigenvalue weighted by Gasteiger charge is -2.14. The van der Waals surface area contributed by atoms with E-state index in [0.717, 1.165) is 41.5 Å². The van der Waals surface area contributed by atoms with Crippen molar-refractivity contribution in [2.75, 3.05) is 11.1 Å². The van der Waals surface area contributed by atoms with Crippen LogP contribution < -0.4 is 16.8 Å². The molecule has 2 aromatic carbocycles. The Kier molecular flexibility index (Phi) is 4.44. The highest BCUT2D eigenvalue weighted by Crippen LogP contribution is 2.36. The van der Waals surface area contributed by atoms with Gasteiger partial charge in [-0.15, -0.1) is 0 Å². The number of nitrogens with zero attached hydrogens (tertiary/aromatic N) is 3. The smallest absolute Gasteiger partial charge is 0.245 e. The Labute approximate surface area is 173 Å². The number of carbonyl (C=O) groups is 1. The Hall–Kier alpha value is -3.71. The maximum Gasteiger partial charge on any atom is 0.245 e. The predicted octanol–water partition coefficient (Wildman–Crippen LogP) is 3.13. The van der Waals surface area contributed by atoms with E-state index in [-0.39, 0.29) is 5.91 Å². The van der Waals surface area contributed by atoms with Crippen molar-refractivity contribution in [2.45, 2.75) is 25.3 Å². The van der Waals surface area contributed by atoms with Gasteiger partial charge < -0.3 is 21.4 Å². The fraction of sp³-hybridized carbons (Fsp3) is 0.174. The number of hydrogen-bond donors (Lipinski definition) is 3. The van der Waals surface area contributed by atoms with Crippen LogP contribution in [0, 0.1) is 0 Å². The van der Waals surface area contributed by atoms with Crippen LogP contribution in [0.2, 0.25) is 0 Å². The van der Waals surface area contributed by atoms with Gasteiger partial charge in [-0.1, -0.05) is 30.3 Å². The molecule has 2 aromatic heterocycles. The topological polar surface area (TPSA) is 112 Å². The molecule has 30 heavy (non-hydrogen) atoms. The van der Waals surface area contributed by atoms with Gasteiger partial charge in [0.1, 0.15) is 17.9 Å². The molecule has 0 aliphatic heterocycles. The normalized spacial score (nSPS) is 13.9. The van der Waals surface area contributed by atoms with Gasteiger partial charge in [-0.3, -0.25) is 4.79 Å². The quantitative estimate of drug-likeness (QED) is 0.489. The Bertz CT molecular complexity index is 1230. The highest BCUT2D eigenvalue weighted by atomic mass is 16.2. The van der Waals surface area contributed by atoms with Gasteiger partial charge in [-0.05, 0) is 54.7 Å². The number of amides is 1. The number of aromatic nitrogens is 3. The molecule has 0 fully saturated rings. The molecule has 0 radical (unpaired) electrons. The van der Waals surface area contributed by atoms with Crippen LogP contribution in [0.3, 0.4) is 0 Å². The maximum absolute atomic E-state index is 12.5. The Morgan fingerprint density at radius 1 is 1.03 bits per heavy atom. The van der Waals surface area contributed by atoms with Gasteiger partial charge in [0.05, 0.1) is 5.52 Å². The van der Waals surface area contributed by atoms with E-state index >= 15 is 0 Å². The second-order valence-corrected chi connectivity index (χ2v) is 7.49. The zero-order valence-electron chi connectivity index (χ0n) is 16.4. The molecule has 1 aliphatic carbocycles. The Morgan fingerprint density at radius 2 is 1.80 bits per heavy atom. The van der Waals surface area contributed by atoms with Crippen molar-refractivity contribution in [1.82, 2.24) is 14.5 Å². The van der Waals surface area contributed by atoms with E-state index in [4.69, 9.17) is 11.5 Å². The number of fused-ring (bicyclic) bond motifs is 3. The second kappa shape index (κ2) is 7.27. The molecular formula is C23H22N6O. The zero-order chi connectivity index (χ0) is 20.7. The molecule has 5 N–H and O–H groups in total. The number of aryl methyl sites for hydroxylation is 1. The van der Waals surface area contributed by atoms with Gasteiger partial charge in [0.25, 0.3) is 0 Å². The van der Waals surface area contributed by atoms with Crippen molar-refractivity contribution in [3.05, 3.63) is 77.7 Å². The second-order valence-electron chi connectivity index (χ2n) is 7.49. The molecular weight excluding hydrogens is 376 g/mol. The molecule has 1 aliphatic rings. The van der Waals surface area contributed by atoms with E-state index in [9.17, 15) is 4.79 Å². The largest absolute Gasteiger partial charge is 0.382 e. The molecule has 2 heterocycles. The van der Waals surface area contributed by atoms with Crippen LogP contribution in [0.5, 0.6) is 0 Å². The molecule has 150 valence electrons. The van der Waals surface area contributed by atoms with E-state index in [1.165, 1.54) is 17.6 Å². The van der Waals surface area contributed by atoms with E-state index < -0.39 is 6.04 Å². The maximum atomic E-state index is 12.5. The van der Waals surface area contributed by atoms with E-state index in [0.29, 0.717) is 11.5 Å². The van der Waals surface area contributed by atoms with Crippen molar-refractivity contribution in [3.8, 4) is 5.69 Å². The molecule has 4 aromatic rings. The summed E-state index contributed by atoms with van der Waals surface area (Å²) in [6.07, 6.45) is 4.61. The van der Waals surface area contributed by atoms with E-state index in [1.807, 2.05) is 54.6 Å². The first-order valence-corrected chi connectivity index (χ1v) is 9.98. The standard InChI is InChI=1S/C23H22N6O/c24-19(14-5-2-1-3-6-14)23(30)28-15-9-11-16(12-10-15)29-18-8-4-7-17(18)20-21(29)22(25)27-13-26-20/h1-3,5-6,9-13,19H,4,7-8,24H2,(H,28,30)(H2,25,26,27)/t19-/m0/s1. The van der Waals surface area contributed by atoms with Crippen LogP contribution in [0.1, 0.15) is 29.3 Å². The van der Waals surface area contributed by atoms with Crippen LogP contribution in [0.4, 0.5) is 11.5 Å². The molecule has 5 rings (SSSR count). The molecule has 0 bridgehead atoms. The van der Waals surface area contributed by atoms with Crippen molar-refractivity contribution in [2.24, 2.45) is 5.73 Å². The fourth-order valence-electron chi connectivity index (χ4n) is 4.21. The van der Waals surface area contributed by atoms with Gasteiger partial charge in [0.15, 0.2) is 5.82 Å². The van der Waals surface area contributed by atoms with Gasteiger partial charge >= 0.3 is 0 Å². The summed E-state index contributed by atoms with van der Waals surface area (Å²) in [6, 6.07) is 16.3. The van der Waals surface area contributed by atoms with Crippen LogP contribution in [0.15, 0.2) is 60.9 Å². The van der Waals surface area contributed by atoms with E-state index in [1.54, 1.807) is 0 Å². The SMILES string of the molecule is Nc1ncnc2c3c(n(-c4ccc(NC(=O)[C@@H](N)c5ccccc5)cc4)c12)CCC3. The first-order chi connectivity index (χ1) is 14.6. The number of benzene rings is 2. The van der Waals surface area contributed by atoms with Crippen molar-refractivity contribution in [1.29, 1.82) is 0 Å². The molecule has 1 atom stereocenters. The lowest BCUT2D eigenvalue weighted by Crippen LogP contribution is -2.27. The predicted molar refractivity (Wildman–Crippen MR) is 117 cm³/mol. The number of hydrogen-bond acceptors (Lipinski definition) is 5. The minimum absolute atomic E-state index is 0.251. The molecule has 0 spiro atoms. The molecule has 0 saturated carbocycles. The van der Waals surface area contributed by atoms with Gasteiger partial charge in [0, 0.05) is 17.1 Å². The van der Waals surface area contributed by atoms with Crippen molar-refractivity contribution >= 4 is 28.4 Å². The molecule has 7 heteroatoms. The Morgan fingerprint density at radius 3 is 2.57 bits per heavy atom. The van der Waals surface area contributed by atoms with Crippen LogP contribution in [-0.4, -0.2) is 20.4 Å². The first-order valence-electron chi connectivity index (χ1n) is 9.98. The van der Waals surface area contributed by atoms with Gasteiger partial charge in [-0.25, -0.2) is 9.97 Å². The number of nitrogens with one attached hydrogen (secondary N) is 1. The minimum Gasteiger partial charge on any atom is -0.382 e. The summed E-state index contributed by atoms with van der Waals surface area (Å²) >= 11 is 0. The third-order valence-corrected chi connectivity index (χ3v) is 5.65. The number of carbonyl (C=O) groups excluding carboxylic acids is 1. The summed E-state index contributed by atoms with van der Waals surface area (Å²) in [5.41, 5.74) is 19.0. The third-order valence-electron chi connectivity index (χ3n) is 5.65. The monoisotopic (exact) mass is 398 g/mol. The number of nitrogens with two attached hydrogens (primary N) is 2. The summed E-state index contributed by atoms with van der Waals surface area (Å²) in [5.74, 6) is 0.222. The van der Waals surface area contributed by atoms with Gasteiger partial charge in [-0.2, -0.15) is 0 Å². The first kappa shape index (κ1) is 18.3. The number of rotatable bonds is 4. The van der Waals surface area contributed by atoms with Crippen molar-refractivity contribution < 1.29 is 4.79 Å². The van der Waals surface area contributed by atoms with E-state index in [2.05, 4.69) is 19.9 Å². The lowest BCUT2D eigenvalue weighted by molar-refractivity contribution is -0.117. The summed E-state index contributed by atoms with van der Waals surface area (Å²) < 4.78 is 2.15. The van der Waals surface area contributed by atoms with Crippen LogP contribution in [-0.2, 0) is 17.6 Å². The third kappa shape index (κ3) is 3.00. The number of anilines is 2. The molecule has 0 saturated heterocycles. The molecule has 1 amide bonds. The van der Waals surface area contributed by atoms with Crippen molar-refractivity contribution in [3.63, 3.8) is 0 Å². The molecule has 7 nitrogen and oxygen atoms in total. The summed E-state index contributed by atoms with van der Waals surface area (Å²) in [4.78, 5) is 21.2. The summed E-state index contributed by atoms with van der Waals surface area (Å²) in [7, 11) is 0. The van der Waals surface area contributed by atoms with Crippen LogP contribution >= 0.6 is 0 Å². The number of nitrogen functional groups attached to an aromatic ring is 1. The van der Waals surface area contributed by atoms with Crippen LogP contribution in [0.25, 0.3) is 16.7 Å². The lowest BCUT2D eigenvalue weighted by atomic mass is 10.1. The molecule has 0 unspecified atom stereocenters. The average Bonchev–Trinajstić information content (AvgIpc) is 3.36.